The van der Waals surface area contributed by atoms with Gasteiger partial charge in [-0.25, -0.2) is 0 Å². The van der Waals surface area contributed by atoms with E-state index in [0.717, 1.165) is 17.7 Å². The van der Waals surface area contributed by atoms with Crippen molar-refractivity contribution in [2.45, 2.75) is 26.5 Å². The number of carbonyl (C=O) groups excluding carboxylic acids is 1. The highest BCUT2D eigenvalue weighted by molar-refractivity contribution is 6.03. The highest BCUT2D eigenvalue weighted by Crippen LogP contribution is 2.20. The fourth-order valence-electron chi connectivity index (χ4n) is 4.10. The summed E-state index contributed by atoms with van der Waals surface area (Å²) in [7, 11) is 0. The number of nitrogens with zero attached hydrogens (tertiary/aromatic N) is 2. The fourth-order valence-corrected chi connectivity index (χ4v) is 4.10. The van der Waals surface area contributed by atoms with Crippen LogP contribution in [0.25, 0.3) is 10.8 Å². The van der Waals surface area contributed by atoms with Crippen LogP contribution >= 0.6 is 0 Å². The Morgan fingerprint density at radius 1 is 0.886 bits per heavy atom. The minimum Gasteiger partial charge on any atom is -0.489 e. The number of aromatic nitrogens is 2. The molecule has 0 bridgehead atoms. The second-order valence-electron chi connectivity index (χ2n) is 8.48. The smallest absolute Gasteiger partial charge is 0.256 e. The molecule has 5 aromatic rings. The van der Waals surface area contributed by atoms with Gasteiger partial charge in [-0.15, -0.1) is 0 Å². The van der Waals surface area contributed by atoms with Crippen LogP contribution in [0.1, 0.15) is 34.0 Å². The lowest BCUT2D eigenvalue weighted by Gasteiger charge is -2.09. The van der Waals surface area contributed by atoms with E-state index in [-0.39, 0.29) is 5.91 Å². The average Bonchev–Trinajstić information content (AvgIpc) is 3.34. The molecule has 0 aliphatic carbocycles. The summed E-state index contributed by atoms with van der Waals surface area (Å²) in [5.74, 6) is 1.14. The number of hydrogen-bond acceptors (Lipinski definition) is 3. The van der Waals surface area contributed by atoms with Gasteiger partial charge >= 0.3 is 0 Å². The number of benzene rings is 4. The number of aryl methyl sites for hydroxylation is 1. The van der Waals surface area contributed by atoms with Crippen molar-refractivity contribution in [3.05, 3.63) is 126 Å². The van der Waals surface area contributed by atoms with E-state index in [1.807, 2.05) is 59.4 Å². The highest BCUT2D eigenvalue weighted by Gasteiger charge is 2.10. The minimum absolute atomic E-state index is 0.199. The Morgan fingerprint density at radius 2 is 1.69 bits per heavy atom. The zero-order valence-electron chi connectivity index (χ0n) is 19.6. The molecular weight excluding hydrogens is 434 g/mol. The molecule has 174 valence electrons. The summed E-state index contributed by atoms with van der Waals surface area (Å²) < 4.78 is 7.73. The maximum Gasteiger partial charge on any atom is 0.256 e. The molecule has 0 saturated heterocycles. The number of ether oxygens (including phenoxy) is 1. The second kappa shape index (κ2) is 10.3. The Labute approximate surface area is 205 Å². The van der Waals surface area contributed by atoms with Crippen LogP contribution in [0.3, 0.4) is 0 Å². The van der Waals surface area contributed by atoms with E-state index in [1.165, 1.54) is 21.9 Å². The fraction of sp³-hybridized carbons (Fsp3) is 0.133. The van der Waals surface area contributed by atoms with E-state index in [0.29, 0.717) is 24.5 Å². The number of nitrogens with one attached hydrogen (secondary N) is 1. The van der Waals surface area contributed by atoms with Gasteiger partial charge in [-0.3, -0.25) is 9.48 Å². The lowest BCUT2D eigenvalue weighted by atomic mass is 10.0. The number of rotatable bonds is 8. The van der Waals surface area contributed by atoms with Gasteiger partial charge in [-0.1, -0.05) is 73.7 Å². The van der Waals surface area contributed by atoms with Crippen LogP contribution in [-0.2, 0) is 19.6 Å². The van der Waals surface area contributed by atoms with Crippen LogP contribution in [0.4, 0.5) is 5.82 Å². The standard InChI is InChI=1S/C30H27N3O2/c1-2-22-13-15-27(16-14-22)35-21-23-7-5-10-25(19-23)30(34)31-29-17-18-33(32-29)20-26-11-6-9-24-8-3-4-12-28(24)26/h3-19H,2,20-21H2,1H3,(H,31,32,34). The molecule has 5 nitrogen and oxygen atoms in total. The quantitative estimate of drug-likeness (QED) is 0.288. The summed E-state index contributed by atoms with van der Waals surface area (Å²) in [5.41, 5.74) is 3.95. The minimum atomic E-state index is -0.199. The number of amides is 1. The molecular formula is C30H27N3O2. The van der Waals surface area contributed by atoms with Crippen molar-refractivity contribution in [1.29, 1.82) is 0 Å². The first kappa shape index (κ1) is 22.4. The largest absolute Gasteiger partial charge is 0.489 e. The molecule has 0 fully saturated rings. The van der Waals surface area contributed by atoms with Gasteiger partial charge in [0.1, 0.15) is 12.4 Å². The van der Waals surface area contributed by atoms with Crippen LogP contribution < -0.4 is 10.1 Å². The maximum absolute atomic E-state index is 12.9. The Balaban J connectivity index is 1.22. The van der Waals surface area contributed by atoms with Gasteiger partial charge in [0, 0.05) is 17.8 Å². The van der Waals surface area contributed by atoms with Crippen LogP contribution in [0.2, 0.25) is 0 Å². The zero-order chi connectivity index (χ0) is 24.0. The molecule has 5 rings (SSSR count). The van der Waals surface area contributed by atoms with Crippen LogP contribution in [-0.4, -0.2) is 15.7 Å². The number of anilines is 1. The molecule has 0 atom stereocenters. The Kier molecular flexibility index (Phi) is 6.57. The van der Waals surface area contributed by atoms with E-state index in [4.69, 9.17) is 4.74 Å². The average molecular weight is 462 g/mol. The Morgan fingerprint density at radius 3 is 2.54 bits per heavy atom. The van der Waals surface area contributed by atoms with Gasteiger partial charge in [-0.05, 0) is 58.1 Å². The number of carbonyl (C=O) groups is 1. The van der Waals surface area contributed by atoms with Gasteiger partial charge in [0.15, 0.2) is 5.82 Å². The third kappa shape index (κ3) is 5.41. The first-order valence-corrected chi connectivity index (χ1v) is 11.8. The van der Waals surface area contributed by atoms with Gasteiger partial charge in [-0.2, -0.15) is 5.10 Å². The highest BCUT2D eigenvalue weighted by atomic mass is 16.5. The van der Waals surface area contributed by atoms with Crippen molar-refractivity contribution in [3.8, 4) is 5.75 Å². The molecule has 1 heterocycles. The van der Waals surface area contributed by atoms with Gasteiger partial charge < -0.3 is 10.1 Å². The lowest BCUT2D eigenvalue weighted by Crippen LogP contribution is -2.13. The molecule has 5 heteroatoms. The molecule has 0 spiro atoms. The van der Waals surface area contributed by atoms with Crippen LogP contribution in [0, 0.1) is 0 Å². The first-order valence-electron chi connectivity index (χ1n) is 11.8. The summed E-state index contributed by atoms with van der Waals surface area (Å²) in [6.45, 7) is 3.15. The third-order valence-corrected chi connectivity index (χ3v) is 6.02. The summed E-state index contributed by atoms with van der Waals surface area (Å²) >= 11 is 0. The summed E-state index contributed by atoms with van der Waals surface area (Å²) in [5, 5.41) is 9.86. The molecule has 0 unspecified atom stereocenters. The van der Waals surface area contributed by atoms with Crippen molar-refractivity contribution >= 4 is 22.5 Å². The summed E-state index contributed by atoms with van der Waals surface area (Å²) in [6.07, 6.45) is 2.88. The molecule has 0 aliphatic rings. The lowest BCUT2D eigenvalue weighted by molar-refractivity contribution is 0.102. The molecule has 0 radical (unpaired) electrons. The molecule has 4 aromatic carbocycles. The maximum atomic E-state index is 12.9. The molecule has 0 aliphatic heterocycles. The molecule has 1 aromatic heterocycles. The van der Waals surface area contributed by atoms with Gasteiger partial charge in [0.25, 0.3) is 5.91 Å². The van der Waals surface area contributed by atoms with E-state index in [2.05, 4.69) is 59.8 Å². The SMILES string of the molecule is CCc1ccc(OCc2cccc(C(=O)Nc3ccn(Cc4cccc5ccccc45)n3)c2)cc1. The molecule has 1 amide bonds. The first-order chi connectivity index (χ1) is 17.2. The summed E-state index contributed by atoms with van der Waals surface area (Å²) in [6, 6.07) is 31.9. The Bertz CT molecular complexity index is 1450. The van der Waals surface area contributed by atoms with E-state index < -0.39 is 0 Å². The van der Waals surface area contributed by atoms with Crippen molar-refractivity contribution in [2.24, 2.45) is 0 Å². The normalized spacial score (nSPS) is 10.9. The van der Waals surface area contributed by atoms with Gasteiger partial charge in [0.2, 0.25) is 0 Å². The topological polar surface area (TPSA) is 56.1 Å². The van der Waals surface area contributed by atoms with Crippen LogP contribution in [0.5, 0.6) is 5.75 Å². The van der Waals surface area contributed by atoms with Crippen molar-refractivity contribution in [1.82, 2.24) is 9.78 Å². The van der Waals surface area contributed by atoms with Crippen molar-refractivity contribution < 1.29 is 9.53 Å². The molecule has 35 heavy (non-hydrogen) atoms. The van der Waals surface area contributed by atoms with Crippen molar-refractivity contribution in [3.63, 3.8) is 0 Å². The predicted molar refractivity (Wildman–Crippen MR) is 140 cm³/mol. The van der Waals surface area contributed by atoms with Crippen molar-refractivity contribution in [2.75, 3.05) is 5.32 Å². The Hall–Kier alpha value is -4.38. The predicted octanol–water partition coefficient (Wildman–Crippen LogP) is 6.48. The molecule has 0 saturated carbocycles. The molecule has 1 N–H and O–H groups in total. The van der Waals surface area contributed by atoms with Crippen LogP contribution in [0.15, 0.2) is 103 Å². The number of fused-ring (bicyclic) bond motifs is 1. The van der Waals surface area contributed by atoms with E-state index in [1.54, 1.807) is 6.07 Å². The van der Waals surface area contributed by atoms with Gasteiger partial charge in [0.05, 0.1) is 6.54 Å². The van der Waals surface area contributed by atoms with E-state index in [9.17, 15) is 4.79 Å². The number of hydrogen-bond donors (Lipinski definition) is 1. The van der Waals surface area contributed by atoms with E-state index >= 15 is 0 Å². The third-order valence-electron chi connectivity index (χ3n) is 6.02. The summed E-state index contributed by atoms with van der Waals surface area (Å²) in [4.78, 5) is 12.9. The monoisotopic (exact) mass is 461 g/mol. The second-order valence-corrected chi connectivity index (χ2v) is 8.48. The zero-order valence-corrected chi connectivity index (χ0v) is 19.6.